The number of aromatic amines is 1. The number of imidazole rings is 1. The second-order valence-corrected chi connectivity index (χ2v) is 8.92. The number of amides is 3. The van der Waals surface area contributed by atoms with Crippen LogP contribution in [0.4, 0.5) is 0 Å². The van der Waals surface area contributed by atoms with E-state index in [1.165, 1.54) is 12.5 Å². The number of rotatable bonds is 17. The number of aliphatic carboxylic acids is 2. The largest absolute Gasteiger partial charge is 0.481 e. The number of hydrogen-bond donors (Lipinski definition) is 8. The zero-order chi connectivity index (χ0) is 27.3. The van der Waals surface area contributed by atoms with Gasteiger partial charge in [0.2, 0.25) is 17.7 Å². The molecule has 0 aliphatic rings. The average molecular weight is 512 g/mol. The van der Waals surface area contributed by atoms with Gasteiger partial charge in [-0.05, 0) is 31.7 Å². The van der Waals surface area contributed by atoms with Gasteiger partial charge in [-0.2, -0.15) is 0 Å². The van der Waals surface area contributed by atoms with E-state index in [0.717, 1.165) is 0 Å². The second kappa shape index (κ2) is 15.5. The Bertz CT molecular complexity index is 876. The molecule has 1 aromatic heterocycles. The molecule has 0 fully saturated rings. The second-order valence-electron chi connectivity index (χ2n) is 8.92. The van der Waals surface area contributed by atoms with Gasteiger partial charge in [0.25, 0.3) is 0 Å². The Morgan fingerprint density at radius 3 is 2.11 bits per heavy atom. The molecule has 0 aliphatic heterocycles. The van der Waals surface area contributed by atoms with Crippen molar-refractivity contribution in [2.45, 2.75) is 76.5 Å². The maximum Gasteiger partial charge on any atom is 0.326 e. The Morgan fingerprint density at radius 2 is 1.58 bits per heavy atom. The molecule has 0 spiro atoms. The van der Waals surface area contributed by atoms with Crippen molar-refractivity contribution in [1.82, 2.24) is 25.9 Å². The SMILES string of the molecule is CC(C)CC(NC(=O)C(N)CCCCN)C(=O)NC(Cc1cnc[nH]1)C(=O)NC(CC(=O)O)C(=O)O. The van der Waals surface area contributed by atoms with E-state index in [9.17, 15) is 29.1 Å². The molecule has 4 atom stereocenters. The fourth-order valence-electron chi connectivity index (χ4n) is 3.37. The summed E-state index contributed by atoms with van der Waals surface area (Å²) < 4.78 is 0. The summed E-state index contributed by atoms with van der Waals surface area (Å²) in [5.74, 6) is -5.04. The number of carboxylic acid groups (broad SMARTS) is 2. The highest BCUT2D eigenvalue weighted by atomic mass is 16.4. The first-order valence-corrected chi connectivity index (χ1v) is 11.7. The zero-order valence-electron chi connectivity index (χ0n) is 20.5. The van der Waals surface area contributed by atoms with E-state index in [1.54, 1.807) is 0 Å². The van der Waals surface area contributed by atoms with Crippen molar-refractivity contribution < 1.29 is 34.2 Å². The van der Waals surface area contributed by atoms with Crippen molar-refractivity contribution in [3.63, 3.8) is 0 Å². The lowest BCUT2D eigenvalue weighted by Gasteiger charge is -2.25. The summed E-state index contributed by atoms with van der Waals surface area (Å²) in [5, 5.41) is 25.5. The van der Waals surface area contributed by atoms with E-state index in [2.05, 4.69) is 25.9 Å². The molecule has 10 N–H and O–H groups in total. The van der Waals surface area contributed by atoms with Gasteiger partial charge in [0.1, 0.15) is 18.1 Å². The quantitative estimate of drug-likeness (QED) is 0.112. The smallest absolute Gasteiger partial charge is 0.326 e. The fraction of sp³-hybridized carbons (Fsp3) is 0.636. The minimum atomic E-state index is -1.70. The molecule has 0 bridgehead atoms. The number of nitrogens with zero attached hydrogens (tertiary/aromatic N) is 1. The molecule has 3 amide bonds. The van der Waals surface area contributed by atoms with Crippen LogP contribution in [-0.4, -0.2) is 80.6 Å². The molecule has 14 nitrogen and oxygen atoms in total. The van der Waals surface area contributed by atoms with Crippen LogP contribution in [0.1, 0.15) is 51.6 Å². The zero-order valence-corrected chi connectivity index (χ0v) is 20.5. The van der Waals surface area contributed by atoms with E-state index >= 15 is 0 Å². The normalized spacial score (nSPS) is 14.4. The van der Waals surface area contributed by atoms with Crippen LogP contribution in [0.2, 0.25) is 0 Å². The topological polar surface area (TPSA) is 243 Å². The van der Waals surface area contributed by atoms with Crippen LogP contribution in [0, 0.1) is 5.92 Å². The Balaban J connectivity index is 3.02. The molecule has 202 valence electrons. The maximum atomic E-state index is 13.1. The number of carbonyl (C=O) groups is 5. The third-order valence-corrected chi connectivity index (χ3v) is 5.25. The molecular formula is C22H37N7O7. The Morgan fingerprint density at radius 1 is 0.972 bits per heavy atom. The summed E-state index contributed by atoms with van der Waals surface area (Å²) in [6, 6.07) is -4.83. The number of aromatic nitrogens is 2. The predicted molar refractivity (Wildman–Crippen MR) is 128 cm³/mol. The van der Waals surface area contributed by atoms with Crippen LogP contribution in [0.3, 0.4) is 0 Å². The summed E-state index contributed by atoms with van der Waals surface area (Å²) in [5.41, 5.74) is 11.9. The average Bonchev–Trinajstić information content (AvgIpc) is 3.30. The minimum Gasteiger partial charge on any atom is -0.481 e. The van der Waals surface area contributed by atoms with Gasteiger partial charge in [-0.3, -0.25) is 19.2 Å². The lowest BCUT2D eigenvalue weighted by molar-refractivity contribution is -0.147. The summed E-state index contributed by atoms with van der Waals surface area (Å²) in [6.45, 7) is 4.18. The van der Waals surface area contributed by atoms with Crippen LogP contribution in [0.25, 0.3) is 0 Å². The Hall–Kier alpha value is -3.52. The van der Waals surface area contributed by atoms with Gasteiger partial charge in [-0.1, -0.05) is 20.3 Å². The van der Waals surface area contributed by atoms with Crippen molar-refractivity contribution >= 4 is 29.7 Å². The van der Waals surface area contributed by atoms with Gasteiger partial charge in [0, 0.05) is 18.3 Å². The van der Waals surface area contributed by atoms with Gasteiger partial charge >= 0.3 is 11.9 Å². The molecule has 14 heteroatoms. The lowest BCUT2D eigenvalue weighted by atomic mass is 10.0. The monoisotopic (exact) mass is 511 g/mol. The minimum absolute atomic E-state index is 0.00126. The van der Waals surface area contributed by atoms with Gasteiger partial charge in [0.05, 0.1) is 18.8 Å². The molecule has 36 heavy (non-hydrogen) atoms. The van der Waals surface area contributed by atoms with Crippen molar-refractivity contribution in [2.75, 3.05) is 6.54 Å². The molecule has 0 saturated heterocycles. The highest BCUT2D eigenvalue weighted by molar-refractivity contribution is 5.94. The summed E-state index contributed by atoms with van der Waals surface area (Å²) in [6.07, 6.45) is 3.86. The van der Waals surface area contributed by atoms with E-state index in [0.29, 0.717) is 31.5 Å². The number of unbranched alkanes of at least 4 members (excludes halogenated alkanes) is 1. The van der Waals surface area contributed by atoms with Crippen molar-refractivity contribution in [3.05, 3.63) is 18.2 Å². The van der Waals surface area contributed by atoms with E-state index in [1.807, 2.05) is 13.8 Å². The van der Waals surface area contributed by atoms with Crippen LogP contribution < -0.4 is 27.4 Å². The first-order chi connectivity index (χ1) is 16.9. The summed E-state index contributed by atoms with van der Waals surface area (Å²) >= 11 is 0. The number of H-pyrrole nitrogens is 1. The fourth-order valence-corrected chi connectivity index (χ4v) is 3.37. The summed E-state index contributed by atoms with van der Waals surface area (Å²) in [4.78, 5) is 67.6. The molecule has 4 unspecified atom stereocenters. The molecule has 0 aromatic carbocycles. The van der Waals surface area contributed by atoms with Crippen LogP contribution >= 0.6 is 0 Å². The van der Waals surface area contributed by atoms with Crippen molar-refractivity contribution in [1.29, 1.82) is 0 Å². The molecule has 0 radical (unpaired) electrons. The number of hydrogen-bond acceptors (Lipinski definition) is 8. The van der Waals surface area contributed by atoms with Crippen LogP contribution in [-0.2, 0) is 30.4 Å². The van der Waals surface area contributed by atoms with E-state index in [4.69, 9.17) is 16.6 Å². The van der Waals surface area contributed by atoms with E-state index in [-0.39, 0.29) is 18.8 Å². The maximum absolute atomic E-state index is 13.1. The van der Waals surface area contributed by atoms with Gasteiger partial charge in [0.15, 0.2) is 0 Å². The molecule has 1 aromatic rings. The number of carbonyl (C=O) groups excluding carboxylic acids is 3. The first-order valence-electron chi connectivity index (χ1n) is 11.7. The highest BCUT2D eigenvalue weighted by Crippen LogP contribution is 2.08. The standard InChI is InChI=1S/C22H37N7O7/c1-12(2)7-15(27-19(32)14(24)5-3-4-6-23)20(33)28-16(8-13-10-25-11-26-13)21(34)29-17(22(35)36)9-18(30)31/h10-12,14-17H,3-9,23-24H2,1-2H3,(H,25,26)(H,27,32)(H,28,33)(H,29,34)(H,30,31)(H,35,36). The Labute approximate surface area is 209 Å². The third-order valence-electron chi connectivity index (χ3n) is 5.25. The number of nitrogens with one attached hydrogen (secondary N) is 4. The lowest BCUT2D eigenvalue weighted by Crippen LogP contribution is -2.58. The molecule has 0 saturated carbocycles. The molecule has 1 rings (SSSR count). The molecule has 1 heterocycles. The first kappa shape index (κ1) is 30.5. The highest BCUT2D eigenvalue weighted by Gasteiger charge is 2.31. The van der Waals surface area contributed by atoms with Gasteiger partial charge < -0.3 is 42.6 Å². The molecule has 0 aliphatic carbocycles. The number of nitrogens with two attached hydrogens (primary N) is 2. The number of carboxylic acids is 2. The van der Waals surface area contributed by atoms with Crippen molar-refractivity contribution in [3.8, 4) is 0 Å². The summed E-state index contributed by atoms with van der Waals surface area (Å²) in [7, 11) is 0. The molecular weight excluding hydrogens is 474 g/mol. The van der Waals surface area contributed by atoms with Gasteiger partial charge in [-0.15, -0.1) is 0 Å². The van der Waals surface area contributed by atoms with Crippen LogP contribution in [0.15, 0.2) is 12.5 Å². The van der Waals surface area contributed by atoms with E-state index < -0.39 is 60.2 Å². The third kappa shape index (κ3) is 11.3. The predicted octanol–water partition coefficient (Wildman–Crippen LogP) is -1.53. The van der Waals surface area contributed by atoms with Crippen molar-refractivity contribution in [2.24, 2.45) is 17.4 Å². The van der Waals surface area contributed by atoms with Gasteiger partial charge in [-0.25, -0.2) is 9.78 Å². The van der Waals surface area contributed by atoms with Crippen LogP contribution in [0.5, 0.6) is 0 Å². The Kier molecular flexibility index (Phi) is 13.1.